The van der Waals surface area contributed by atoms with Gasteiger partial charge in [-0.05, 0) is 19.1 Å². The molecule has 1 aromatic carbocycles. The van der Waals surface area contributed by atoms with Crippen LogP contribution >= 0.6 is 39.0 Å². The summed E-state index contributed by atoms with van der Waals surface area (Å²) in [6, 6.07) is 7.60. The van der Waals surface area contributed by atoms with E-state index < -0.39 is 0 Å². The van der Waals surface area contributed by atoms with Gasteiger partial charge in [-0.3, -0.25) is 4.79 Å². The number of benzene rings is 1. The Morgan fingerprint density at radius 3 is 2.92 bits per heavy atom. The van der Waals surface area contributed by atoms with E-state index in [0.29, 0.717) is 16.1 Å². The third-order valence-electron chi connectivity index (χ3n) is 2.98. The van der Waals surface area contributed by atoms with Crippen LogP contribution < -0.4 is 11.2 Å². The average molecular weight is 425 g/mol. The summed E-state index contributed by atoms with van der Waals surface area (Å²) in [4.78, 5) is 16.2. The number of aromatic nitrogens is 4. The van der Waals surface area contributed by atoms with Crippen molar-refractivity contribution in [3.63, 3.8) is 0 Å². The summed E-state index contributed by atoms with van der Waals surface area (Å²) in [5.74, 6) is 6.59. The fourth-order valence-electron chi connectivity index (χ4n) is 1.90. The van der Waals surface area contributed by atoms with Gasteiger partial charge in [0.1, 0.15) is 0 Å². The highest BCUT2D eigenvalue weighted by Gasteiger charge is 2.15. The quantitative estimate of drug-likeness (QED) is 0.482. The van der Waals surface area contributed by atoms with E-state index in [1.165, 1.54) is 27.8 Å². The zero-order valence-electron chi connectivity index (χ0n) is 12.6. The molecule has 3 aromatic rings. The van der Waals surface area contributed by atoms with Crippen LogP contribution in [0.1, 0.15) is 5.69 Å². The minimum Gasteiger partial charge on any atom is -0.335 e. The Morgan fingerprint density at radius 1 is 1.42 bits per heavy atom. The van der Waals surface area contributed by atoms with Crippen molar-refractivity contribution in [3.8, 4) is 11.4 Å². The minimum absolute atomic E-state index is 0.167. The van der Waals surface area contributed by atoms with Crippen LogP contribution in [0, 0.1) is 6.92 Å². The molecule has 0 atom stereocenters. The van der Waals surface area contributed by atoms with Gasteiger partial charge in [0.15, 0.2) is 11.0 Å². The first-order chi connectivity index (χ1) is 11.5. The zero-order valence-corrected chi connectivity index (χ0v) is 15.8. The first kappa shape index (κ1) is 16.9. The number of halogens is 1. The van der Waals surface area contributed by atoms with Gasteiger partial charge >= 0.3 is 0 Å². The summed E-state index contributed by atoms with van der Waals surface area (Å²) in [7, 11) is 0. The Bertz CT molecular complexity index is 878. The van der Waals surface area contributed by atoms with Crippen LogP contribution in [0.15, 0.2) is 39.3 Å². The number of amides is 1. The maximum Gasteiger partial charge on any atom is 0.236 e. The van der Waals surface area contributed by atoms with Crippen LogP contribution in [0.5, 0.6) is 0 Å². The van der Waals surface area contributed by atoms with Crippen LogP contribution in [-0.2, 0) is 4.79 Å². The van der Waals surface area contributed by atoms with Crippen molar-refractivity contribution in [3.05, 3.63) is 39.8 Å². The van der Waals surface area contributed by atoms with Gasteiger partial charge in [0, 0.05) is 15.4 Å². The van der Waals surface area contributed by atoms with Gasteiger partial charge < -0.3 is 11.2 Å². The third kappa shape index (κ3) is 3.77. The molecule has 0 spiro atoms. The highest BCUT2D eigenvalue weighted by atomic mass is 79.9. The van der Waals surface area contributed by atoms with Gasteiger partial charge in [0.05, 0.1) is 11.4 Å². The standard InChI is InChI=1S/C14H13BrN6OS2/c1-8-6-23-13(17-8)18-11(22)7-24-14-20-19-12(21(14)16)9-4-2-3-5-10(9)15/h2-6H,7,16H2,1H3,(H,17,18,22). The van der Waals surface area contributed by atoms with Gasteiger partial charge in [-0.1, -0.05) is 39.8 Å². The lowest BCUT2D eigenvalue weighted by atomic mass is 10.2. The van der Waals surface area contributed by atoms with Crippen molar-refractivity contribution in [1.82, 2.24) is 19.9 Å². The Hall–Kier alpha value is -1.91. The summed E-state index contributed by atoms with van der Waals surface area (Å²) in [6.45, 7) is 1.88. The maximum absolute atomic E-state index is 12.0. The molecule has 0 radical (unpaired) electrons. The number of aryl methyl sites for hydroxylation is 1. The minimum atomic E-state index is -0.167. The van der Waals surface area contributed by atoms with Gasteiger partial charge in [-0.2, -0.15) is 0 Å². The monoisotopic (exact) mass is 424 g/mol. The smallest absolute Gasteiger partial charge is 0.236 e. The van der Waals surface area contributed by atoms with Crippen molar-refractivity contribution in [1.29, 1.82) is 0 Å². The zero-order chi connectivity index (χ0) is 17.1. The normalized spacial score (nSPS) is 10.8. The first-order valence-corrected chi connectivity index (χ1v) is 9.50. The molecule has 0 bridgehead atoms. The number of nitrogens with one attached hydrogen (secondary N) is 1. The van der Waals surface area contributed by atoms with E-state index in [1.807, 2.05) is 36.6 Å². The molecule has 3 N–H and O–H groups in total. The van der Waals surface area contributed by atoms with Gasteiger partial charge in [0.25, 0.3) is 0 Å². The molecule has 0 saturated carbocycles. The Morgan fingerprint density at radius 2 is 2.21 bits per heavy atom. The number of nitrogens with two attached hydrogens (primary N) is 1. The number of nitrogen functional groups attached to an aromatic ring is 1. The molecule has 24 heavy (non-hydrogen) atoms. The fourth-order valence-corrected chi connectivity index (χ4v) is 3.72. The molecular formula is C14H13BrN6OS2. The van der Waals surface area contributed by atoms with E-state index >= 15 is 0 Å². The van der Waals surface area contributed by atoms with Gasteiger partial charge in [-0.25, -0.2) is 9.66 Å². The third-order valence-corrected chi connectivity index (χ3v) is 5.49. The predicted molar refractivity (Wildman–Crippen MR) is 99.5 cm³/mol. The number of carbonyl (C=O) groups is 1. The van der Waals surface area contributed by atoms with E-state index in [0.717, 1.165) is 15.7 Å². The molecule has 2 aromatic heterocycles. The molecule has 10 heteroatoms. The van der Waals surface area contributed by atoms with E-state index in [1.54, 1.807) is 0 Å². The molecule has 7 nitrogen and oxygen atoms in total. The average Bonchev–Trinajstić information content (AvgIpc) is 3.12. The number of rotatable bonds is 5. The van der Waals surface area contributed by atoms with E-state index in [9.17, 15) is 4.79 Å². The van der Waals surface area contributed by atoms with E-state index in [4.69, 9.17) is 5.84 Å². The molecule has 0 fully saturated rings. The second-order valence-corrected chi connectivity index (χ2v) is 7.44. The van der Waals surface area contributed by atoms with Crippen LogP contribution in [0.4, 0.5) is 5.13 Å². The van der Waals surface area contributed by atoms with Crippen LogP contribution in [0.2, 0.25) is 0 Å². The molecule has 0 aliphatic heterocycles. The van der Waals surface area contributed by atoms with Crippen molar-refractivity contribution < 1.29 is 4.79 Å². The Labute approximate surface area is 154 Å². The van der Waals surface area contributed by atoms with Crippen molar-refractivity contribution >= 4 is 50.1 Å². The molecule has 1 amide bonds. The number of thioether (sulfide) groups is 1. The SMILES string of the molecule is Cc1csc(NC(=O)CSc2nnc(-c3ccccc3Br)n2N)n1. The second-order valence-electron chi connectivity index (χ2n) is 4.79. The number of carbonyl (C=O) groups excluding carboxylic acids is 1. The van der Waals surface area contributed by atoms with Crippen molar-refractivity contribution in [2.24, 2.45) is 0 Å². The number of anilines is 1. The van der Waals surface area contributed by atoms with Crippen LogP contribution in [0.3, 0.4) is 0 Å². The lowest BCUT2D eigenvalue weighted by Gasteiger charge is -2.05. The van der Waals surface area contributed by atoms with Crippen LogP contribution in [-0.4, -0.2) is 31.5 Å². The second kappa shape index (κ2) is 7.32. The van der Waals surface area contributed by atoms with Gasteiger partial charge in [-0.15, -0.1) is 21.5 Å². The number of hydrogen-bond donors (Lipinski definition) is 2. The number of thiazole rings is 1. The summed E-state index contributed by atoms with van der Waals surface area (Å²) in [5.41, 5.74) is 1.71. The number of nitrogens with zero attached hydrogens (tertiary/aromatic N) is 4. The molecule has 0 saturated heterocycles. The Kier molecular flexibility index (Phi) is 5.17. The molecule has 124 valence electrons. The van der Waals surface area contributed by atoms with Crippen LogP contribution in [0.25, 0.3) is 11.4 Å². The molecule has 0 aliphatic carbocycles. The largest absolute Gasteiger partial charge is 0.335 e. The molecule has 0 unspecified atom stereocenters. The first-order valence-electron chi connectivity index (χ1n) is 6.85. The summed E-state index contributed by atoms with van der Waals surface area (Å²) in [5, 5.41) is 13.8. The maximum atomic E-state index is 12.0. The Balaban J connectivity index is 1.66. The van der Waals surface area contributed by atoms with Gasteiger partial charge in [0.2, 0.25) is 11.1 Å². The molecule has 2 heterocycles. The highest BCUT2D eigenvalue weighted by molar-refractivity contribution is 9.10. The summed E-state index contributed by atoms with van der Waals surface area (Å²) >= 11 is 6.07. The summed E-state index contributed by atoms with van der Waals surface area (Å²) in [6.07, 6.45) is 0. The molecule has 0 aliphatic rings. The van der Waals surface area contributed by atoms with E-state index in [-0.39, 0.29) is 11.7 Å². The number of hydrogen-bond acceptors (Lipinski definition) is 7. The topological polar surface area (TPSA) is 98.7 Å². The van der Waals surface area contributed by atoms with Crippen molar-refractivity contribution in [2.75, 3.05) is 16.9 Å². The molecule has 3 rings (SSSR count). The van der Waals surface area contributed by atoms with E-state index in [2.05, 4.69) is 36.4 Å². The lowest BCUT2D eigenvalue weighted by molar-refractivity contribution is -0.113. The fraction of sp³-hybridized carbons (Fsp3) is 0.143. The predicted octanol–water partition coefficient (Wildman–Crippen LogP) is 2.92. The highest BCUT2D eigenvalue weighted by Crippen LogP contribution is 2.28. The summed E-state index contributed by atoms with van der Waals surface area (Å²) < 4.78 is 2.25. The van der Waals surface area contributed by atoms with Crippen molar-refractivity contribution in [2.45, 2.75) is 12.1 Å². The molecular weight excluding hydrogens is 412 g/mol. The lowest BCUT2D eigenvalue weighted by Crippen LogP contribution is -2.16.